The van der Waals surface area contributed by atoms with Crippen LogP contribution < -0.4 is 20.9 Å². The fourth-order valence-corrected chi connectivity index (χ4v) is 4.50. The summed E-state index contributed by atoms with van der Waals surface area (Å²) in [6.45, 7) is 0. The number of aromatic hydroxyl groups is 2. The van der Waals surface area contributed by atoms with E-state index in [9.17, 15) is 10.2 Å². The molecule has 6 N–H and O–H groups in total. The van der Waals surface area contributed by atoms with E-state index in [4.69, 9.17) is 20.9 Å². The highest BCUT2D eigenvalue weighted by molar-refractivity contribution is 5.97. The monoisotopic (exact) mass is 574 g/mol. The predicted octanol–water partition coefficient (Wildman–Crippen LogP) is 7.80. The summed E-state index contributed by atoms with van der Waals surface area (Å²) in [6.07, 6.45) is 0. The molecule has 0 aromatic heterocycles. The third kappa shape index (κ3) is 6.06. The molecule has 0 fully saturated rings. The highest BCUT2D eigenvalue weighted by atomic mass is 16.5. The molecule has 0 unspecified atom stereocenters. The standard InChI is InChI=1S/C38H26N2O4/c39-33-21-17-29(23-35(33)41)43-37-27(13-11-25-7-3-1-4-8-25)15-19-32-31(37)20-16-28(14-12-26-9-5-2-6-10-26)38(32)44-30-18-22-34(40)36(42)24-30/h1-10,15-24,41-42H,39-40H2. The van der Waals surface area contributed by atoms with E-state index in [2.05, 4.69) is 23.7 Å². The van der Waals surface area contributed by atoms with Crippen molar-refractivity contribution in [2.24, 2.45) is 0 Å². The van der Waals surface area contributed by atoms with Gasteiger partial charge in [0.1, 0.15) is 23.0 Å². The number of benzene rings is 6. The Morgan fingerprint density at radius 1 is 0.455 bits per heavy atom. The molecule has 6 nitrogen and oxygen atoms in total. The first-order valence-corrected chi connectivity index (χ1v) is 13.7. The van der Waals surface area contributed by atoms with Crippen LogP contribution in [-0.4, -0.2) is 10.2 Å². The Bertz CT molecular complexity index is 1970. The summed E-state index contributed by atoms with van der Waals surface area (Å²) >= 11 is 0. The zero-order chi connectivity index (χ0) is 30.5. The Morgan fingerprint density at radius 2 is 0.864 bits per heavy atom. The van der Waals surface area contributed by atoms with Gasteiger partial charge in [-0.05, 0) is 72.8 Å². The van der Waals surface area contributed by atoms with Crippen molar-refractivity contribution in [1.29, 1.82) is 0 Å². The zero-order valence-corrected chi connectivity index (χ0v) is 23.4. The van der Waals surface area contributed by atoms with Crippen LogP contribution in [0.4, 0.5) is 11.4 Å². The first kappa shape index (κ1) is 27.7. The summed E-state index contributed by atoms with van der Waals surface area (Å²) < 4.78 is 12.8. The van der Waals surface area contributed by atoms with Crippen molar-refractivity contribution in [2.75, 3.05) is 11.5 Å². The normalized spacial score (nSPS) is 10.3. The quantitative estimate of drug-likeness (QED) is 0.0971. The van der Waals surface area contributed by atoms with Crippen LogP contribution in [0, 0.1) is 23.7 Å². The van der Waals surface area contributed by atoms with Crippen LogP contribution in [0.5, 0.6) is 34.5 Å². The van der Waals surface area contributed by atoms with E-state index < -0.39 is 0 Å². The van der Waals surface area contributed by atoms with Gasteiger partial charge in [-0.15, -0.1) is 0 Å². The molecular formula is C38H26N2O4. The average molecular weight is 575 g/mol. The molecule has 0 aliphatic heterocycles. The third-order valence-corrected chi connectivity index (χ3v) is 6.78. The second-order valence-electron chi connectivity index (χ2n) is 9.86. The molecule has 44 heavy (non-hydrogen) atoms. The van der Waals surface area contributed by atoms with E-state index in [1.54, 1.807) is 24.3 Å². The SMILES string of the molecule is Nc1ccc(Oc2c(C#Cc3ccccc3)ccc3c(Oc4ccc(N)c(O)c4)c(C#Cc4ccccc4)ccc23)cc1O. The molecule has 0 spiro atoms. The minimum absolute atomic E-state index is 0.0923. The zero-order valence-electron chi connectivity index (χ0n) is 23.4. The number of nitrogen functional groups attached to an aromatic ring is 2. The Hall–Kier alpha value is -6.50. The second kappa shape index (κ2) is 12.2. The number of fused-ring (bicyclic) bond motifs is 1. The van der Waals surface area contributed by atoms with Crippen LogP contribution in [0.2, 0.25) is 0 Å². The number of nitrogens with two attached hydrogens (primary N) is 2. The molecule has 0 amide bonds. The molecule has 6 rings (SSSR count). The summed E-state index contributed by atoms with van der Waals surface area (Å²) in [5, 5.41) is 21.9. The van der Waals surface area contributed by atoms with Gasteiger partial charge in [-0.25, -0.2) is 0 Å². The van der Waals surface area contributed by atoms with Gasteiger partial charge in [-0.3, -0.25) is 0 Å². The molecule has 212 valence electrons. The van der Waals surface area contributed by atoms with Crippen molar-refractivity contribution >= 4 is 22.1 Å². The van der Waals surface area contributed by atoms with E-state index in [-0.39, 0.29) is 22.9 Å². The van der Waals surface area contributed by atoms with Crippen molar-refractivity contribution in [2.45, 2.75) is 0 Å². The van der Waals surface area contributed by atoms with Crippen molar-refractivity contribution in [3.05, 3.63) is 144 Å². The number of anilines is 2. The average Bonchev–Trinajstić information content (AvgIpc) is 3.04. The molecule has 6 aromatic rings. The number of phenolic OH excluding ortho intramolecular Hbond substituents is 2. The topological polar surface area (TPSA) is 111 Å². The largest absolute Gasteiger partial charge is 0.506 e. The van der Waals surface area contributed by atoms with E-state index in [1.807, 2.05) is 84.9 Å². The van der Waals surface area contributed by atoms with E-state index >= 15 is 0 Å². The first-order valence-electron chi connectivity index (χ1n) is 13.7. The highest BCUT2D eigenvalue weighted by Crippen LogP contribution is 2.42. The molecule has 6 heteroatoms. The number of phenols is 2. The number of hydrogen-bond acceptors (Lipinski definition) is 6. The van der Waals surface area contributed by atoms with E-state index in [0.717, 1.165) is 11.1 Å². The number of ether oxygens (including phenoxy) is 2. The Labute approximate surface area is 254 Å². The highest BCUT2D eigenvalue weighted by Gasteiger charge is 2.17. The van der Waals surface area contributed by atoms with Crippen LogP contribution in [0.1, 0.15) is 22.3 Å². The Morgan fingerprint density at radius 3 is 1.25 bits per heavy atom. The van der Waals surface area contributed by atoms with Crippen LogP contribution in [0.15, 0.2) is 121 Å². The summed E-state index contributed by atoms with van der Waals surface area (Å²) in [5.74, 6) is 14.4. The fourth-order valence-electron chi connectivity index (χ4n) is 4.50. The smallest absolute Gasteiger partial charge is 0.151 e. The maximum Gasteiger partial charge on any atom is 0.151 e. The lowest BCUT2D eigenvalue weighted by atomic mass is 10.0. The van der Waals surface area contributed by atoms with Gasteiger partial charge in [0.05, 0.1) is 22.5 Å². The molecule has 0 bridgehead atoms. The maximum absolute atomic E-state index is 10.3. The van der Waals surface area contributed by atoms with Crippen molar-refractivity contribution in [3.8, 4) is 58.2 Å². The molecule has 0 heterocycles. The molecule has 0 saturated carbocycles. The van der Waals surface area contributed by atoms with E-state index in [1.165, 1.54) is 12.1 Å². The van der Waals surface area contributed by atoms with Gasteiger partial charge < -0.3 is 31.2 Å². The molecule has 6 aromatic carbocycles. The second-order valence-corrected chi connectivity index (χ2v) is 9.86. The Kier molecular flexibility index (Phi) is 7.65. The van der Waals surface area contributed by atoms with Gasteiger partial charge in [-0.2, -0.15) is 0 Å². The summed E-state index contributed by atoms with van der Waals surface area (Å²) in [4.78, 5) is 0. The lowest BCUT2D eigenvalue weighted by Gasteiger charge is -2.16. The van der Waals surface area contributed by atoms with Gasteiger partial charge in [0.25, 0.3) is 0 Å². The molecule has 0 saturated heterocycles. The van der Waals surface area contributed by atoms with E-state index in [0.29, 0.717) is 44.9 Å². The summed E-state index contributed by atoms with van der Waals surface area (Å²) in [6, 6.07) is 36.2. The van der Waals surface area contributed by atoms with Gasteiger partial charge in [0.2, 0.25) is 0 Å². The van der Waals surface area contributed by atoms with Crippen LogP contribution in [0.25, 0.3) is 10.8 Å². The molecule has 0 radical (unpaired) electrons. The molecule has 0 aliphatic carbocycles. The predicted molar refractivity (Wildman–Crippen MR) is 174 cm³/mol. The van der Waals surface area contributed by atoms with Crippen molar-refractivity contribution in [3.63, 3.8) is 0 Å². The minimum atomic E-state index is -0.0923. The Balaban J connectivity index is 1.55. The van der Waals surface area contributed by atoms with Gasteiger partial charge in [0, 0.05) is 34.0 Å². The molecular weight excluding hydrogens is 548 g/mol. The first-order chi connectivity index (χ1) is 21.4. The van der Waals surface area contributed by atoms with Crippen molar-refractivity contribution < 1.29 is 19.7 Å². The van der Waals surface area contributed by atoms with Crippen LogP contribution >= 0.6 is 0 Å². The van der Waals surface area contributed by atoms with Crippen molar-refractivity contribution in [1.82, 2.24) is 0 Å². The summed E-state index contributed by atoms with van der Waals surface area (Å²) in [7, 11) is 0. The number of rotatable bonds is 4. The fraction of sp³-hybridized carbons (Fsp3) is 0. The maximum atomic E-state index is 10.3. The van der Waals surface area contributed by atoms with Crippen LogP contribution in [0.3, 0.4) is 0 Å². The summed E-state index contributed by atoms with van der Waals surface area (Å²) in [5.41, 5.74) is 15.1. The van der Waals surface area contributed by atoms with Gasteiger partial charge >= 0.3 is 0 Å². The molecule has 0 aliphatic rings. The van der Waals surface area contributed by atoms with Gasteiger partial charge in [-0.1, -0.05) is 60.1 Å². The lowest BCUT2D eigenvalue weighted by molar-refractivity contribution is 0.456. The number of hydrogen-bond donors (Lipinski definition) is 4. The molecule has 0 atom stereocenters. The van der Waals surface area contributed by atoms with Crippen LogP contribution in [-0.2, 0) is 0 Å². The minimum Gasteiger partial charge on any atom is -0.506 e. The lowest BCUT2D eigenvalue weighted by Crippen LogP contribution is -1.96. The van der Waals surface area contributed by atoms with Gasteiger partial charge in [0.15, 0.2) is 11.5 Å². The third-order valence-electron chi connectivity index (χ3n) is 6.78.